The van der Waals surface area contributed by atoms with Gasteiger partial charge in [0.2, 0.25) is 5.91 Å². The van der Waals surface area contributed by atoms with Crippen molar-refractivity contribution in [2.45, 2.75) is 26.3 Å². The fourth-order valence-corrected chi connectivity index (χ4v) is 3.42. The quantitative estimate of drug-likeness (QED) is 0.676. The number of nitrogens with zero attached hydrogens (tertiary/aromatic N) is 1. The van der Waals surface area contributed by atoms with Crippen LogP contribution in [0, 0.1) is 5.92 Å². The molecule has 1 heterocycles. The van der Waals surface area contributed by atoms with Crippen LogP contribution in [0.4, 0.5) is 5.69 Å². The summed E-state index contributed by atoms with van der Waals surface area (Å²) in [5.41, 5.74) is 2.79. The molecule has 0 radical (unpaired) electrons. The largest absolute Gasteiger partial charge is 0.497 e. The van der Waals surface area contributed by atoms with Gasteiger partial charge in [0.15, 0.2) is 6.61 Å². The summed E-state index contributed by atoms with van der Waals surface area (Å²) in [6.07, 6.45) is 0.883. The number of anilines is 1. The summed E-state index contributed by atoms with van der Waals surface area (Å²) < 4.78 is 10.2. The number of aryl methyl sites for hydroxylation is 1. The number of para-hydroxylation sites is 1. The SMILES string of the molecule is CCc1ccccc1N1C[C@@H](C(=O)OCC(=O)NCc2ccc(OC)cc2)CC1=O. The molecule has 158 valence electrons. The van der Waals surface area contributed by atoms with E-state index in [1.807, 2.05) is 43.3 Å². The summed E-state index contributed by atoms with van der Waals surface area (Å²) >= 11 is 0. The van der Waals surface area contributed by atoms with Crippen LogP contribution in [0.1, 0.15) is 24.5 Å². The molecule has 3 rings (SSSR count). The molecule has 2 amide bonds. The number of esters is 1. The first-order chi connectivity index (χ1) is 14.5. The number of nitrogens with one attached hydrogen (secondary N) is 1. The van der Waals surface area contributed by atoms with Gasteiger partial charge in [-0.15, -0.1) is 0 Å². The van der Waals surface area contributed by atoms with Gasteiger partial charge in [0, 0.05) is 25.2 Å². The molecule has 7 heteroatoms. The predicted octanol–water partition coefficient (Wildman–Crippen LogP) is 2.47. The van der Waals surface area contributed by atoms with Crippen molar-refractivity contribution in [3.8, 4) is 5.75 Å². The zero-order valence-corrected chi connectivity index (χ0v) is 17.2. The van der Waals surface area contributed by atoms with E-state index in [2.05, 4.69) is 5.32 Å². The van der Waals surface area contributed by atoms with Crippen molar-refractivity contribution >= 4 is 23.5 Å². The van der Waals surface area contributed by atoms with Crippen molar-refractivity contribution in [1.29, 1.82) is 0 Å². The Morgan fingerprint density at radius 1 is 1.13 bits per heavy atom. The number of amides is 2. The Labute approximate surface area is 176 Å². The molecule has 2 aromatic rings. The second-order valence-electron chi connectivity index (χ2n) is 7.12. The summed E-state index contributed by atoms with van der Waals surface area (Å²) in [6.45, 7) is 2.24. The first-order valence-corrected chi connectivity index (χ1v) is 9.96. The van der Waals surface area contributed by atoms with E-state index in [9.17, 15) is 14.4 Å². The van der Waals surface area contributed by atoms with Gasteiger partial charge in [0.05, 0.1) is 13.0 Å². The topological polar surface area (TPSA) is 84.9 Å². The molecule has 0 saturated carbocycles. The zero-order chi connectivity index (χ0) is 21.5. The van der Waals surface area contributed by atoms with E-state index in [0.29, 0.717) is 6.54 Å². The van der Waals surface area contributed by atoms with Crippen LogP contribution in [0.15, 0.2) is 48.5 Å². The van der Waals surface area contributed by atoms with E-state index in [-0.39, 0.29) is 25.5 Å². The van der Waals surface area contributed by atoms with Crippen molar-refractivity contribution in [1.82, 2.24) is 5.32 Å². The third kappa shape index (κ3) is 5.17. The first-order valence-electron chi connectivity index (χ1n) is 9.96. The van der Waals surface area contributed by atoms with Crippen molar-refractivity contribution in [3.63, 3.8) is 0 Å². The van der Waals surface area contributed by atoms with Crippen molar-refractivity contribution < 1.29 is 23.9 Å². The van der Waals surface area contributed by atoms with Gasteiger partial charge in [0.1, 0.15) is 5.75 Å². The summed E-state index contributed by atoms with van der Waals surface area (Å²) in [5, 5.41) is 2.71. The predicted molar refractivity (Wildman–Crippen MR) is 112 cm³/mol. The van der Waals surface area contributed by atoms with Crippen LogP contribution in [0.3, 0.4) is 0 Å². The number of rotatable bonds is 8. The lowest BCUT2D eigenvalue weighted by Gasteiger charge is -2.19. The van der Waals surface area contributed by atoms with Crippen LogP contribution < -0.4 is 15.0 Å². The molecular formula is C23H26N2O5. The molecule has 2 aromatic carbocycles. The molecule has 1 saturated heterocycles. The number of benzene rings is 2. The highest BCUT2D eigenvalue weighted by atomic mass is 16.5. The smallest absolute Gasteiger partial charge is 0.311 e. The summed E-state index contributed by atoms with van der Waals surface area (Å²) in [4.78, 5) is 38.4. The first kappa shape index (κ1) is 21.4. The zero-order valence-electron chi connectivity index (χ0n) is 17.2. The Balaban J connectivity index is 1.47. The second kappa shape index (κ2) is 9.91. The van der Waals surface area contributed by atoms with E-state index >= 15 is 0 Å². The van der Waals surface area contributed by atoms with Gasteiger partial charge in [-0.3, -0.25) is 14.4 Å². The Bertz CT molecular complexity index is 910. The summed E-state index contributed by atoms with van der Waals surface area (Å²) in [6, 6.07) is 15.0. The van der Waals surface area contributed by atoms with Crippen molar-refractivity contribution in [2.75, 3.05) is 25.2 Å². The Hall–Kier alpha value is -3.35. The van der Waals surface area contributed by atoms with Gasteiger partial charge in [-0.2, -0.15) is 0 Å². The number of carbonyl (C=O) groups is 3. The average molecular weight is 410 g/mol. The van der Waals surface area contributed by atoms with E-state index in [1.165, 1.54) is 0 Å². The number of carbonyl (C=O) groups excluding carboxylic acids is 3. The maximum Gasteiger partial charge on any atom is 0.311 e. The van der Waals surface area contributed by atoms with E-state index in [0.717, 1.165) is 29.0 Å². The highest BCUT2D eigenvalue weighted by molar-refractivity contribution is 6.00. The molecule has 0 aliphatic carbocycles. The van der Waals surface area contributed by atoms with Gasteiger partial charge < -0.3 is 19.7 Å². The molecule has 1 aliphatic rings. The van der Waals surface area contributed by atoms with Gasteiger partial charge in [-0.05, 0) is 35.7 Å². The molecule has 1 aliphatic heterocycles. The highest BCUT2D eigenvalue weighted by Crippen LogP contribution is 2.29. The van der Waals surface area contributed by atoms with Gasteiger partial charge in [-0.1, -0.05) is 37.3 Å². The van der Waals surface area contributed by atoms with Gasteiger partial charge in [0.25, 0.3) is 5.91 Å². The summed E-state index contributed by atoms with van der Waals surface area (Å²) in [5.74, 6) is -0.865. The van der Waals surface area contributed by atoms with Crippen LogP contribution in [0.25, 0.3) is 0 Å². The van der Waals surface area contributed by atoms with E-state index in [4.69, 9.17) is 9.47 Å². The molecule has 30 heavy (non-hydrogen) atoms. The molecule has 1 fully saturated rings. The van der Waals surface area contributed by atoms with Crippen LogP contribution >= 0.6 is 0 Å². The Morgan fingerprint density at radius 2 is 1.87 bits per heavy atom. The average Bonchev–Trinajstić information content (AvgIpc) is 3.17. The molecule has 0 unspecified atom stereocenters. The Kier molecular flexibility index (Phi) is 7.06. The maximum atomic E-state index is 12.4. The standard InChI is InChI=1S/C23H26N2O5/c1-3-17-6-4-5-7-20(17)25-14-18(12-22(25)27)23(28)30-15-21(26)24-13-16-8-10-19(29-2)11-9-16/h4-11,18H,3,12-15H2,1-2H3,(H,24,26)/t18-/m0/s1. The summed E-state index contributed by atoms with van der Waals surface area (Å²) in [7, 11) is 1.59. The number of ether oxygens (including phenoxy) is 2. The number of methoxy groups -OCH3 is 1. The minimum atomic E-state index is -0.572. The maximum absolute atomic E-state index is 12.4. The molecular weight excluding hydrogens is 384 g/mol. The molecule has 1 atom stereocenters. The van der Waals surface area contributed by atoms with Crippen LogP contribution in [-0.2, 0) is 32.1 Å². The van der Waals surface area contributed by atoms with Crippen LogP contribution in [0.5, 0.6) is 5.75 Å². The molecule has 0 bridgehead atoms. The molecule has 0 aromatic heterocycles. The fraction of sp³-hybridized carbons (Fsp3) is 0.348. The van der Waals surface area contributed by atoms with Gasteiger partial charge >= 0.3 is 5.97 Å². The molecule has 0 spiro atoms. The monoisotopic (exact) mass is 410 g/mol. The minimum absolute atomic E-state index is 0.0876. The van der Waals surface area contributed by atoms with Gasteiger partial charge in [-0.25, -0.2) is 0 Å². The minimum Gasteiger partial charge on any atom is -0.497 e. The normalized spacial score (nSPS) is 15.7. The van der Waals surface area contributed by atoms with E-state index < -0.39 is 17.8 Å². The van der Waals surface area contributed by atoms with E-state index in [1.54, 1.807) is 24.1 Å². The second-order valence-corrected chi connectivity index (χ2v) is 7.12. The van der Waals surface area contributed by atoms with Crippen LogP contribution in [0.2, 0.25) is 0 Å². The fourth-order valence-electron chi connectivity index (χ4n) is 3.42. The number of hydrogen-bond acceptors (Lipinski definition) is 5. The van der Waals surface area contributed by atoms with Crippen LogP contribution in [-0.4, -0.2) is 38.0 Å². The third-order valence-corrected chi connectivity index (χ3v) is 5.12. The molecule has 7 nitrogen and oxygen atoms in total. The van der Waals surface area contributed by atoms with Crippen molar-refractivity contribution in [3.05, 3.63) is 59.7 Å². The lowest BCUT2D eigenvalue weighted by Crippen LogP contribution is -2.31. The third-order valence-electron chi connectivity index (χ3n) is 5.12. The lowest BCUT2D eigenvalue weighted by atomic mass is 10.1. The highest BCUT2D eigenvalue weighted by Gasteiger charge is 2.36. The Morgan fingerprint density at radius 3 is 2.57 bits per heavy atom. The molecule has 1 N–H and O–H groups in total. The number of hydrogen-bond donors (Lipinski definition) is 1. The van der Waals surface area contributed by atoms with Crippen molar-refractivity contribution in [2.24, 2.45) is 5.92 Å². The lowest BCUT2D eigenvalue weighted by molar-refractivity contribution is -0.152.